The van der Waals surface area contributed by atoms with Crippen LogP contribution in [0.2, 0.25) is 0 Å². The number of phenolic OH excluding ortho intramolecular Hbond substituents is 1. The Morgan fingerprint density at radius 2 is 1.88 bits per heavy atom. The molecule has 0 bridgehead atoms. The quantitative estimate of drug-likeness (QED) is 0.762. The Hall–Kier alpha value is -1.76. The molecule has 1 atom stereocenters. The normalized spacial score (nSPS) is 22.7. The van der Waals surface area contributed by atoms with E-state index in [4.69, 9.17) is 0 Å². The third kappa shape index (κ3) is 2.05. The average molecular weight is 224 g/mol. The number of allylic oxidation sites excluding steroid dienone is 6. The molecule has 0 aliphatic heterocycles. The molecule has 3 rings (SSSR count). The van der Waals surface area contributed by atoms with Crippen molar-refractivity contribution in [2.24, 2.45) is 5.92 Å². The molecule has 1 aromatic carbocycles. The summed E-state index contributed by atoms with van der Waals surface area (Å²) in [7, 11) is 0. The van der Waals surface area contributed by atoms with Gasteiger partial charge in [0.25, 0.3) is 0 Å². The van der Waals surface area contributed by atoms with Crippen molar-refractivity contribution in [3.63, 3.8) is 0 Å². The highest BCUT2D eigenvalue weighted by atomic mass is 16.3. The monoisotopic (exact) mass is 224 g/mol. The lowest BCUT2D eigenvalue weighted by Crippen LogP contribution is -2.10. The van der Waals surface area contributed by atoms with Gasteiger partial charge in [0.2, 0.25) is 0 Å². The second-order valence-electron chi connectivity index (χ2n) is 4.79. The van der Waals surface area contributed by atoms with Crippen LogP contribution in [0.5, 0.6) is 5.75 Å². The summed E-state index contributed by atoms with van der Waals surface area (Å²) in [6.45, 7) is 0. The van der Waals surface area contributed by atoms with Crippen molar-refractivity contribution in [1.82, 2.24) is 0 Å². The number of aromatic hydroxyl groups is 1. The largest absolute Gasteiger partial charge is 0.508 e. The van der Waals surface area contributed by atoms with E-state index in [9.17, 15) is 5.11 Å². The van der Waals surface area contributed by atoms with Crippen molar-refractivity contribution in [3.05, 3.63) is 59.7 Å². The molecule has 2 aliphatic rings. The number of rotatable bonds is 1. The molecule has 0 amide bonds. The minimum absolute atomic E-state index is 0.335. The number of fused-ring (bicyclic) bond motifs is 1. The van der Waals surface area contributed by atoms with Gasteiger partial charge in [0.1, 0.15) is 5.75 Å². The topological polar surface area (TPSA) is 20.2 Å². The molecule has 1 aromatic rings. The predicted molar refractivity (Wildman–Crippen MR) is 70.6 cm³/mol. The summed E-state index contributed by atoms with van der Waals surface area (Å²) >= 11 is 0. The van der Waals surface area contributed by atoms with E-state index >= 15 is 0 Å². The van der Waals surface area contributed by atoms with Crippen LogP contribution in [0.15, 0.2) is 54.1 Å². The highest BCUT2D eigenvalue weighted by molar-refractivity contribution is 5.70. The van der Waals surface area contributed by atoms with E-state index in [-0.39, 0.29) is 0 Å². The second-order valence-corrected chi connectivity index (χ2v) is 4.79. The number of phenols is 1. The lowest BCUT2D eigenvalue weighted by atomic mass is 9.79. The third-order valence-corrected chi connectivity index (χ3v) is 3.64. The van der Waals surface area contributed by atoms with E-state index < -0.39 is 0 Å². The van der Waals surface area contributed by atoms with E-state index in [0.29, 0.717) is 11.7 Å². The predicted octanol–water partition coefficient (Wildman–Crippen LogP) is 4.07. The van der Waals surface area contributed by atoms with Crippen LogP contribution in [0.4, 0.5) is 0 Å². The maximum absolute atomic E-state index is 9.30. The van der Waals surface area contributed by atoms with Crippen molar-refractivity contribution in [3.8, 4) is 5.75 Å². The zero-order valence-electron chi connectivity index (χ0n) is 9.76. The fourth-order valence-corrected chi connectivity index (χ4v) is 2.65. The van der Waals surface area contributed by atoms with E-state index in [0.717, 1.165) is 6.42 Å². The summed E-state index contributed by atoms with van der Waals surface area (Å²) in [4.78, 5) is 0. The van der Waals surface area contributed by atoms with Gasteiger partial charge in [-0.3, -0.25) is 0 Å². The van der Waals surface area contributed by atoms with Crippen LogP contribution in [-0.2, 0) is 0 Å². The minimum Gasteiger partial charge on any atom is -0.508 e. The first-order valence-electron chi connectivity index (χ1n) is 6.19. The average Bonchev–Trinajstić information content (AvgIpc) is 2.39. The van der Waals surface area contributed by atoms with Crippen LogP contribution >= 0.6 is 0 Å². The molecule has 0 radical (unpaired) electrons. The van der Waals surface area contributed by atoms with Gasteiger partial charge in [-0.1, -0.05) is 36.4 Å². The van der Waals surface area contributed by atoms with Crippen LogP contribution < -0.4 is 0 Å². The molecule has 0 saturated carbocycles. The molecule has 1 N–H and O–H groups in total. The second kappa shape index (κ2) is 4.25. The van der Waals surface area contributed by atoms with Gasteiger partial charge in [-0.2, -0.15) is 0 Å². The zero-order valence-corrected chi connectivity index (χ0v) is 9.76. The van der Waals surface area contributed by atoms with Gasteiger partial charge in [-0.15, -0.1) is 0 Å². The van der Waals surface area contributed by atoms with Crippen molar-refractivity contribution >= 4 is 5.57 Å². The van der Waals surface area contributed by atoms with Gasteiger partial charge in [-0.25, -0.2) is 0 Å². The molecule has 0 aromatic heterocycles. The lowest BCUT2D eigenvalue weighted by Gasteiger charge is -2.25. The number of benzene rings is 1. The SMILES string of the molecule is Oc1ccc(C2=CC=C3C=CCCC3C2)cc1. The van der Waals surface area contributed by atoms with Gasteiger partial charge in [0, 0.05) is 0 Å². The maximum atomic E-state index is 9.30. The molecule has 2 aliphatic carbocycles. The van der Waals surface area contributed by atoms with E-state index in [1.54, 1.807) is 12.1 Å². The van der Waals surface area contributed by atoms with Crippen LogP contribution in [0.25, 0.3) is 5.57 Å². The smallest absolute Gasteiger partial charge is 0.115 e. The third-order valence-electron chi connectivity index (χ3n) is 3.64. The maximum Gasteiger partial charge on any atom is 0.115 e. The Kier molecular flexibility index (Phi) is 2.60. The molecule has 0 saturated heterocycles. The lowest BCUT2D eigenvalue weighted by molar-refractivity contribution is 0.475. The summed E-state index contributed by atoms with van der Waals surface area (Å²) in [6.07, 6.45) is 12.6. The highest BCUT2D eigenvalue weighted by Gasteiger charge is 2.20. The fourth-order valence-electron chi connectivity index (χ4n) is 2.65. The fraction of sp³-hybridized carbons (Fsp3) is 0.250. The zero-order chi connectivity index (χ0) is 11.7. The van der Waals surface area contributed by atoms with Crippen LogP contribution in [-0.4, -0.2) is 5.11 Å². The van der Waals surface area contributed by atoms with Gasteiger partial charge in [-0.05, 0) is 54.0 Å². The first-order chi connectivity index (χ1) is 8.33. The Balaban J connectivity index is 1.91. The molecule has 0 fully saturated rings. The first kappa shape index (κ1) is 10.4. The highest BCUT2D eigenvalue weighted by Crippen LogP contribution is 2.37. The van der Waals surface area contributed by atoms with Crippen LogP contribution in [0.3, 0.4) is 0 Å². The molecule has 1 nitrogen and oxygen atoms in total. The summed E-state index contributed by atoms with van der Waals surface area (Å²) in [5.74, 6) is 1.02. The molecule has 86 valence electrons. The summed E-state index contributed by atoms with van der Waals surface area (Å²) in [6, 6.07) is 7.52. The Morgan fingerprint density at radius 3 is 2.71 bits per heavy atom. The summed E-state index contributed by atoms with van der Waals surface area (Å²) < 4.78 is 0. The standard InChI is InChI=1S/C16H16O/c17-16-9-7-13(8-10-16)15-6-5-12-3-1-2-4-14(12)11-15/h1,3,5-10,14,17H,2,4,11H2. The van der Waals surface area contributed by atoms with Gasteiger partial charge in [0.15, 0.2) is 0 Å². The van der Waals surface area contributed by atoms with E-state index in [1.165, 1.54) is 29.6 Å². The summed E-state index contributed by atoms with van der Waals surface area (Å²) in [5, 5.41) is 9.30. The van der Waals surface area contributed by atoms with E-state index in [1.807, 2.05) is 12.1 Å². The minimum atomic E-state index is 0.335. The molecule has 0 spiro atoms. The Bertz CT molecular complexity index is 503. The number of hydrogen-bond donors (Lipinski definition) is 1. The molecule has 0 heterocycles. The molecule has 1 heteroatoms. The van der Waals surface area contributed by atoms with Crippen molar-refractivity contribution in [2.75, 3.05) is 0 Å². The van der Waals surface area contributed by atoms with Crippen LogP contribution in [0.1, 0.15) is 24.8 Å². The first-order valence-corrected chi connectivity index (χ1v) is 6.19. The van der Waals surface area contributed by atoms with Crippen molar-refractivity contribution < 1.29 is 5.11 Å². The summed E-state index contributed by atoms with van der Waals surface area (Å²) in [5.41, 5.74) is 4.08. The van der Waals surface area contributed by atoms with Gasteiger partial charge in [0.05, 0.1) is 0 Å². The van der Waals surface area contributed by atoms with Crippen LogP contribution in [0, 0.1) is 5.92 Å². The van der Waals surface area contributed by atoms with Gasteiger partial charge >= 0.3 is 0 Å². The Labute approximate surface area is 102 Å². The van der Waals surface area contributed by atoms with E-state index in [2.05, 4.69) is 24.3 Å². The Morgan fingerprint density at radius 1 is 1.06 bits per heavy atom. The van der Waals surface area contributed by atoms with Crippen molar-refractivity contribution in [2.45, 2.75) is 19.3 Å². The molecular formula is C16H16O. The molecule has 17 heavy (non-hydrogen) atoms. The van der Waals surface area contributed by atoms with Gasteiger partial charge < -0.3 is 5.11 Å². The van der Waals surface area contributed by atoms with Crippen molar-refractivity contribution in [1.29, 1.82) is 0 Å². The number of hydrogen-bond acceptors (Lipinski definition) is 1. The molecular weight excluding hydrogens is 208 g/mol. The molecule has 1 unspecified atom stereocenters.